The van der Waals surface area contributed by atoms with Crippen LogP contribution in [0.1, 0.15) is 13.8 Å². The Morgan fingerprint density at radius 3 is 2.85 bits per heavy atom. The average molecular weight is 181 g/mol. The van der Waals surface area contributed by atoms with Gasteiger partial charge in [-0.15, -0.1) is 0 Å². The van der Waals surface area contributed by atoms with Crippen molar-refractivity contribution >= 4 is 5.82 Å². The fourth-order valence-corrected chi connectivity index (χ4v) is 0.910. The van der Waals surface area contributed by atoms with Crippen LogP contribution in [0.3, 0.4) is 0 Å². The summed E-state index contributed by atoms with van der Waals surface area (Å²) in [5.74, 6) is 1.01. The number of aliphatic hydroxyl groups is 1. The van der Waals surface area contributed by atoms with Gasteiger partial charge in [-0.3, -0.25) is 0 Å². The fourth-order valence-electron chi connectivity index (χ4n) is 0.910. The van der Waals surface area contributed by atoms with Gasteiger partial charge in [0.1, 0.15) is 12.1 Å². The predicted octanol–water partition coefficient (Wildman–Crippen LogP) is 0.905. The Morgan fingerprint density at radius 2 is 2.31 bits per heavy atom. The molecular formula is C9H15N3O. The maximum Gasteiger partial charge on any atom is 0.129 e. The third kappa shape index (κ3) is 2.99. The molecule has 0 radical (unpaired) electrons. The summed E-state index contributed by atoms with van der Waals surface area (Å²) in [5, 5.41) is 12.1. The van der Waals surface area contributed by atoms with E-state index in [-0.39, 0.29) is 18.6 Å². The van der Waals surface area contributed by atoms with E-state index in [0.717, 1.165) is 5.82 Å². The van der Waals surface area contributed by atoms with E-state index < -0.39 is 0 Å². The molecule has 13 heavy (non-hydrogen) atoms. The summed E-state index contributed by atoms with van der Waals surface area (Å²) < 4.78 is 0. The van der Waals surface area contributed by atoms with Crippen molar-refractivity contribution in [3.63, 3.8) is 0 Å². The molecule has 0 saturated heterocycles. The maximum absolute atomic E-state index is 8.91. The van der Waals surface area contributed by atoms with Gasteiger partial charge in [-0.25, -0.2) is 9.97 Å². The lowest BCUT2D eigenvalue weighted by molar-refractivity contribution is 0.226. The van der Waals surface area contributed by atoms with E-state index in [1.807, 2.05) is 13.8 Å². The van der Waals surface area contributed by atoms with Crippen molar-refractivity contribution in [1.29, 1.82) is 0 Å². The molecule has 2 unspecified atom stereocenters. The Morgan fingerprint density at radius 1 is 1.54 bits per heavy atom. The minimum Gasteiger partial charge on any atom is -0.396 e. The average Bonchev–Trinajstić information content (AvgIpc) is 2.18. The Labute approximate surface area is 78.0 Å². The number of hydrogen-bond donors (Lipinski definition) is 2. The summed E-state index contributed by atoms with van der Waals surface area (Å²) in [5.41, 5.74) is 0. The molecule has 0 aliphatic carbocycles. The molecule has 1 heterocycles. The normalized spacial score (nSPS) is 15.0. The number of hydrogen-bond acceptors (Lipinski definition) is 4. The van der Waals surface area contributed by atoms with Crippen LogP contribution in [0.5, 0.6) is 0 Å². The molecule has 4 nitrogen and oxygen atoms in total. The van der Waals surface area contributed by atoms with E-state index in [4.69, 9.17) is 5.11 Å². The highest BCUT2D eigenvalue weighted by Crippen LogP contribution is 2.08. The van der Waals surface area contributed by atoms with Crippen LogP contribution < -0.4 is 5.32 Å². The predicted molar refractivity (Wildman–Crippen MR) is 51.4 cm³/mol. The lowest BCUT2D eigenvalue weighted by atomic mass is 10.1. The van der Waals surface area contributed by atoms with E-state index in [1.165, 1.54) is 6.33 Å². The molecule has 0 aromatic carbocycles. The van der Waals surface area contributed by atoms with Gasteiger partial charge in [0.15, 0.2) is 0 Å². The van der Waals surface area contributed by atoms with Gasteiger partial charge in [0.2, 0.25) is 0 Å². The number of nitrogens with zero attached hydrogens (tertiary/aromatic N) is 2. The summed E-state index contributed by atoms with van der Waals surface area (Å²) in [7, 11) is 0. The summed E-state index contributed by atoms with van der Waals surface area (Å²) in [6.07, 6.45) is 3.18. The largest absolute Gasteiger partial charge is 0.396 e. The minimum absolute atomic E-state index is 0.180. The van der Waals surface area contributed by atoms with Crippen LogP contribution in [-0.4, -0.2) is 27.7 Å². The molecule has 0 aliphatic rings. The Hall–Kier alpha value is -1.16. The topological polar surface area (TPSA) is 58.0 Å². The van der Waals surface area contributed by atoms with Crippen molar-refractivity contribution in [1.82, 2.24) is 9.97 Å². The molecule has 1 aromatic heterocycles. The highest BCUT2D eigenvalue weighted by molar-refractivity contribution is 5.32. The number of aromatic nitrogens is 2. The van der Waals surface area contributed by atoms with Crippen molar-refractivity contribution in [3.8, 4) is 0 Å². The van der Waals surface area contributed by atoms with Crippen molar-refractivity contribution in [2.75, 3.05) is 11.9 Å². The van der Waals surface area contributed by atoms with E-state index >= 15 is 0 Å². The van der Waals surface area contributed by atoms with Crippen LogP contribution >= 0.6 is 0 Å². The first-order chi connectivity index (χ1) is 6.24. The zero-order chi connectivity index (χ0) is 9.68. The highest BCUT2D eigenvalue weighted by Gasteiger charge is 2.10. The Bertz CT molecular complexity index is 240. The van der Waals surface area contributed by atoms with Gasteiger partial charge < -0.3 is 10.4 Å². The van der Waals surface area contributed by atoms with E-state index in [1.54, 1.807) is 12.3 Å². The summed E-state index contributed by atoms with van der Waals surface area (Å²) in [6.45, 7) is 4.18. The third-order valence-electron chi connectivity index (χ3n) is 2.10. The van der Waals surface area contributed by atoms with Crippen LogP contribution in [0.25, 0.3) is 0 Å². The van der Waals surface area contributed by atoms with E-state index in [9.17, 15) is 0 Å². The third-order valence-corrected chi connectivity index (χ3v) is 2.10. The summed E-state index contributed by atoms with van der Waals surface area (Å²) >= 11 is 0. The minimum atomic E-state index is 0.180. The molecule has 0 bridgehead atoms. The molecule has 0 saturated carbocycles. The number of aliphatic hydroxyl groups excluding tert-OH is 1. The molecule has 2 atom stereocenters. The first-order valence-corrected chi connectivity index (χ1v) is 4.37. The smallest absolute Gasteiger partial charge is 0.129 e. The second-order valence-corrected chi connectivity index (χ2v) is 3.19. The van der Waals surface area contributed by atoms with Crippen LogP contribution in [-0.2, 0) is 0 Å². The number of anilines is 1. The van der Waals surface area contributed by atoms with Gasteiger partial charge in [-0.05, 0) is 18.9 Å². The molecule has 2 N–H and O–H groups in total. The molecule has 0 amide bonds. The van der Waals surface area contributed by atoms with Gasteiger partial charge in [0, 0.05) is 18.8 Å². The fraction of sp³-hybridized carbons (Fsp3) is 0.556. The number of rotatable bonds is 4. The van der Waals surface area contributed by atoms with Gasteiger partial charge in [0.25, 0.3) is 0 Å². The molecular weight excluding hydrogens is 166 g/mol. The van der Waals surface area contributed by atoms with Gasteiger partial charge in [-0.2, -0.15) is 0 Å². The quantitative estimate of drug-likeness (QED) is 0.724. The zero-order valence-corrected chi connectivity index (χ0v) is 7.94. The van der Waals surface area contributed by atoms with Crippen LogP contribution in [0.4, 0.5) is 5.82 Å². The van der Waals surface area contributed by atoms with Crippen molar-refractivity contribution in [2.24, 2.45) is 5.92 Å². The van der Waals surface area contributed by atoms with Gasteiger partial charge in [-0.1, -0.05) is 6.92 Å². The Balaban J connectivity index is 2.50. The van der Waals surface area contributed by atoms with Gasteiger partial charge >= 0.3 is 0 Å². The lowest BCUT2D eigenvalue weighted by Gasteiger charge is -2.19. The summed E-state index contributed by atoms with van der Waals surface area (Å²) in [4.78, 5) is 7.85. The standard InChI is InChI=1S/C9H15N3O/c1-7(5-13)8(2)12-9-3-4-10-6-11-9/h3-4,6-8,13H,5H2,1-2H3,(H,10,11,12). The van der Waals surface area contributed by atoms with Crippen molar-refractivity contribution < 1.29 is 5.11 Å². The second-order valence-electron chi connectivity index (χ2n) is 3.19. The SMILES string of the molecule is CC(CO)C(C)Nc1ccncn1. The molecule has 72 valence electrons. The van der Waals surface area contributed by atoms with Crippen LogP contribution in [0, 0.1) is 5.92 Å². The van der Waals surface area contributed by atoms with Gasteiger partial charge in [0.05, 0.1) is 0 Å². The Kier molecular flexibility index (Phi) is 3.64. The zero-order valence-electron chi connectivity index (χ0n) is 7.94. The maximum atomic E-state index is 8.91. The van der Waals surface area contributed by atoms with Crippen molar-refractivity contribution in [2.45, 2.75) is 19.9 Å². The van der Waals surface area contributed by atoms with E-state index in [2.05, 4.69) is 15.3 Å². The number of nitrogens with one attached hydrogen (secondary N) is 1. The highest BCUT2D eigenvalue weighted by atomic mass is 16.3. The lowest BCUT2D eigenvalue weighted by Crippen LogP contribution is -2.26. The van der Waals surface area contributed by atoms with Crippen LogP contribution in [0.15, 0.2) is 18.6 Å². The second kappa shape index (κ2) is 4.77. The molecule has 1 aromatic rings. The molecule has 0 aliphatic heterocycles. The van der Waals surface area contributed by atoms with Crippen LogP contribution in [0.2, 0.25) is 0 Å². The molecule has 0 fully saturated rings. The van der Waals surface area contributed by atoms with Crippen molar-refractivity contribution in [3.05, 3.63) is 18.6 Å². The monoisotopic (exact) mass is 181 g/mol. The molecule has 4 heteroatoms. The first kappa shape index (κ1) is 9.92. The van der Waals surface area contributed by atoms with E-state index in [0.29, 0.717) is 0 Å². The first-order valence-electron chi connectivity index (χ1n) is 4.37. The molecule has 1 rings (SSSR count). The molecule has 0 spiro atoms. The summed E-state index contributed by atoms with van der Waals surface area (Å²) in [6, 6.07) is 2.01.